The number of nitrogens with zero attached hydrogens (tertiary/aromatic N) is 3. The number of hydrogen-bond donors (Lipinski definition) is 2. The van der Waals surface area contributed by atoms with E-state index in [1.165, 1.54) is 23.1 Å². The average Bonchev–Trinajstić information content (AvgIpc) is 3.02. The number of fused-ring (bicyclic) bond motifs is 3. The first-order valence-corrected chi connectivity index (χ1v) is 8.66. The Bertz CT molecular complexity index is 886. The molecule has 9 heteroatoms. The highest BCUT2D eigenvalue weighted by Crippen LogP contribution is 2.33. The van der Waals surface area contributed by atoms with Gasteiger partial charge in [-0.2, -0.15) is 0 Å². The Morgan fingerprint density at radius 2 is 2.04 bits per heavy atom. The van der Waals surface area contributed by atoms with Gasteiger partial charge in [-0.25, -0.2) is 4.79 Å². The van der Waals surface area contributed by atoms with Crippen molar-refractivity contribution < 1.29 is 9.59 Å². The van der Waals surface area contributed by atoms with E-state index in [1.54, 1.807) is 0 Å². The molecule has 1 unspecified atom stereocenters. The van der Waals surface area contributed by atoms with Gasteiger partial charge in [0.1, 0.15) is 0 Å². The number of thiazole rings is 1. The summed E-state index contributed by atoms with van der Waals surface area (Å²) >= 11 is 2.82. The maximum absolute atomic E-state index is 12.2. The van der Waals surface area contributed by atoms with Gasteiger partial charge in [0.25, 0.3) is 0 Å². The van der Waals surface area contributed by atoms with Crippen molar-refractivity contribution in [1.82, 2.24) is 19.9 Å². The Kier molecular flexibility index (Phi) is 4.22. The Balaban J connectivity index is 1.98. The number of imide groups is 1. The number of rotatable bonds is 4. The first-order chi connectivity index (χ1) is 11.0. The fourth-order valence-electron chi connectivity index (χ4n) is 2.23. The van der Waals surface area contributed by atoms with Gasteiger partial charge >= 0.3 is 6.03 Å². The van der Waals surface area contributed by atoms with Crippen LogP contribution in [-0.4, -0.2) is 31.8 Å². The molecule has 0 aliphatic rings. The zero-order valence-electron chi connectivity index (χ0n) is 12.5. The molecular weight excluding hydrogens is 334 g/mol. The van der Waals surface area contributed by atoms with E-state index in [0.717, 1.165) is 15.2 Å². The molecule has 2 heterocycles. The maximum Gasteiger partial charge on any atom is 0.318 e. The van der Waals surface area contributed by atoms with E-state index in [4.69, 9.17) is 5.73 Å². The highest BCUT2D eigenvalue weighted by atomic mass is 32.2. The van der Waals surface area contributed by atoms with Gasteiger partial charge in [0, 0.05) is 0 Å². The maximum atomic E-state index is 12.2. The molecule has 0 aliphatic heterocycles. The lowest BCUT2D eigenvalue weighted by Gasteiger charge is -2.17. The zero-order valence-corrected chi connectivity index (χ0v) is 14.1. The summed E-state index contributed by atoms with van der Waals surface area (Å²) < 4.78 is 3.03. The average molecular weight is 349 g/mol. The molecule has 3 aromatic rings. The fourth-order valence-corrected chi connectivity index (χ4v) is 4.30. The van der Waals surface area contributed by atoms with E-state index in [9.17, 15) is 9.59 Å². The molecule has 0 bridgehead atoms. The number of thioether (sulfide) groups is 1. The highest BCUT2D eigenvalue weighted by Gasteiger charge is 2.27. The van der Waals surface area contributed by atoms with Crippen molar-refractivity contribution in [2.45, 2.75) is 24.3 Å². The van der Waals surface area contributed by atoms with Crippen LogP contribution in [0.25, 0.3) is 15.2 Å². The summed E-state index contributed by atoms with van der Waals surface area (Å²) in [6, 6.07) is 7.06. The monoisotopic (exact) mass is 349 g/mol. The van der Waals surface area contributed by atoms with Gasteiger partial charge in [-0.15, -0.1) is 10.2 Å². The van der Waals surface area contributed by atoms with Crippen molar-refractivity contribution in [3.05, 3.63) is 24.3 Å². The normalized spacial score (nSPS) is 12.8. The number of urea groups is 1. The molecule has 120 valence electrons. The first kappa shape index (κ1) is 15.8. The summed E-state index contributed by atoms with van der Waals surface area (Å²) in [5.74, 6) is -0.426. The molecule has 23 heavy (non-hydrogen) atoms. The number of carbonyl (C=O) groups excluding carboxylic acids is 2. The molecule has 2 aromatic heterocycles. The van der Waals surface area contributed by atoms with Gasteiger partial charge in [0.05, 0.1) is 15.5 Å². The van der Waals surface area contributed by atoms with E-state index < -0.39 is 17.2 Å². The number of nitrogens with two attached hydrogens (primary N) is 1. The SMILES string of the molecule is CC(C)C(Sc1nnc2sc3ccccc3n12)C(=O)NC(N)=O. The topological polar surface area (TPSA) is 102 Å². The van der Waals surface area contributed by atoms with Crippen molar-refractivity contribution in [2.75, 3.05) is 0 Å². The molecule has 1 atom stereocenters. The van der Waals surface area contributed by atoms with Crippen molar-refractivity contribution in [2.24, 2.45) is 11.7 Å². The molecule has 0 saturated carbocycles. The van der Waals surface area contributed by atoms with Crippen LogP contribution in [0.5, 0.6) is 0 Å². The highest BCUT2D eigenvalue weighted by molar-refractivity contribution is 8.00. The Morgan fingerprint density at radius 1 is 1.30 bits per heavy atom. The molecule has 0 radical (unpaired) electrons. The molecule has 0 aliphatic carbocycles. The molecule has 7 nitrogen and oxygen atoms in total. The van der Waals surface area contributed by atoms with Crippen LogP contribution in [0.3, 0.4) is 0 Å². The van der Waals surface area contributed by atoms with Gasteiger partial charge in [-0.05, 0) is 18.1 Å². The summed E-state index contributed by atoms with van der Waals surface area (Å²) in [5.41, 5.74) is 6.04. The quantitative estimate of drug-likeness (QED) is 0.703. The molecule has 3 rings (SSSR count). The summed E-state index contributed by atoms with van der Waals surface area (Å²) in [5, 5.41) is 10.6. The predicted octanol–water partition coefficient (Wildman–Crippen LogP) is 2.26. The van der Waals surface area contributed by atoms with Crippen molar-refractivity contribution in [3.63, 3.8) is 0 Å². The third-order valence-electron chi connectivity index (χ3n) is 3.25. The zero-order chi connectivity index (χ0) is 16.6. The fraction of sp³-hybridized carbons (Fsp3) is 0.286. The molecular formula is C14H15N5O2S2. The molecule has 0 fully saturated rings. The second kappa shape index (κ2) is 6.17. The van der Waals surface area contributed by atoms with Crippen LogP contribution in [0, 0.1) is 5.92 Å². The summed E-state index contributed by atoms with van der Waals surface area (Å²) in [4.78, 5) is 23.9. The second-order valence-corrected chi connectivity index (χ2v) is 7.42. The van der Waals surface area contributed by atoms with Gasteiger partial charge in [-0.1, -0.05) is 49.1 Å². The van der Waals surface area contributed by atoms with E-state index >= 15 is 0 Å². The minimum absolute atomic E-state index is 0.00315. The molecule has 0 saturated heterocycles. The number of aromatic nitrogens is 3. The van der Waals surface area contributed by atoms with E-state index in [-0.39, 0.29) is 5.92 Å². The third kappa shape index (κ3) is 3.02. The number of carbonyl (C=O) groups is 2. The number of hydrogen-bond acceptors (Lipinski definition) is 6. The lowest BCUT2D eigenvalue weighted by molar-refractivity contribution is -0.120. The molecule has 1 aromatic carbocycles. The molecule has 0 spiro atoms. The minimum atomic E-state index is -0.853. The van der Waals surface area contributed by atoms with E-state index in [1.807, 2.05) is 42.5 Å². The van der Waals surface area contributed by atoms with Crippen LogP contribution in [0.15, 0.2) is 29.4 Å². The summed E-state index contributed by atoms with van der Waals surface area (Å²) in [6.07, 6.45) is 0. The summed E-state index contributed by atoms with van der Waals surface area (Å²) in [7, 11) is 0. The van der Waals surface area contributed by atoms with E-state index in [2.05, 4.69) is 15.5 Å². The van der Waals surface area contributed by atoms with Gasteiger partial charge in [0.2, 0.25) is 10.9 Å². The van der Waals surface area contributed by atoms with Crippen molar-refractivity contribution in [1.29, 1.82) is 0 Å². The number of nitrogens with one attached hydrogen (secondary N) is 1. The number of para-hydroxylation sites is 1. The standard InChI is InChI=1S/C14H15N5O2S2/c1-7(2)10(11(20)16-12(15)21)23-14-18-17-13-19(14)8-5-3-4-6-9(8)22-13/h3-7,10H,1-2H3,(H3,15,16,20,21). The van der Waals surface area contributed by atoms with Crippen LogP contribution < -0.4 is 11.1 Å². The molecule has 3 amide bonds. The number of amides is 3. The van der Waals surface area contributed by atoms with E-state index in [0.29, 0.717) is 5.16 Å². The van der Waals surface area contributed by atoms with Crippen LogP contribution in [-0.2, 0) is 4.79 Å². The van der Waals surface area contributed by atoms with Crippen molar-refractivity contribution >= 4 is 50.2 Å². The first-order valence-electron chi connectivity index (χ1n) is 6.97. The van der Waals surface area contributed by atoms with Crippen LogP contribution in [0.1, 0.15) is 13.8 Å². The second-order valence-electron chi connectivity index (χ2n) is 5.31. The Hall–Kier alpha value is -2.13. The van der Waals surface area contributed by atoms with Crippen molar-refractivity contribution in [3.8, 4) is 0 Å². The minimum Gasteiger partial charge on any atom is -0.351 e. The van der Waals surface area contributed by atoms with Crippen LogP contribution in [0.2, 0.25) is 0 Å². The summed E-state index contributed by atoms with van der Waals surface area (Å²) in [6.45, 7) is 3.81. The Labute approximate surface area is 140 Å². The third-order valence-corrected chi connectivity index (χ3v) is 5.75. The molecule has 3 N–H and O–H groups in total. The predicted molar refractivity (Wildman–Crippen MR) is 90.6 cm³/mol. The van der Waals surface area contributed by atoms with Gasteiger partial charge in [-0.3, -0.25) is 14.5 Å². The van der Waals surface area contributed by atoms with Crippen LogP contribution in [0.4, 0.5) is 4.79 Å². The lowest BCUT2D eigenvalue weighted by Crippen LogP contribution is -2.42. The number of primary amides is 1. The Morgan fingerprint density at radius 3 is 2.74 bits per heavy atom. The van der Waals surface area contributed by atoms with Gasteiger partial charge < -0.3 is 5.73 Å². The number of benzene rings is 1. The van der Waals surface area contributed by atoms with Gasteiger partial charge in [0.15, 0.2) is 5.16 Å². The van der Waals surface area contributed by atoms with Crippen LogP contribution >= 0.6 is 23.1 Å². The smallest absolute Gasteiger partial charge is 0.318 e. The largest absolute Gasteiger partial charge is 0.351 e. The lowest BCUT2D eigenvalue weighted by atomic mass is 10.1.